The first-order valence-corrected chi connectivity index (χ1v) is 12.5. The van der Waals surface area contributed by atoms with Gasteiger partial charge in [-0.1, -0.05) is 35.3 Å². The molecule has 4 rings (SSSR count). The molecule has 2 aliphatic heterocycles. The topological polar surface area (TPSA) is 124 Å². The molecule has 0 radical (unpaired) electrons. The first-order valence-electron chi connectivity index (χ1n) is 11.7. The molecule has 0 aromatic heterocycles. The molecule has 0 saturated carbocycles. The number of carbonyl (C=O) groups is 2. The minimum atomic E-state index is -1.11. The van der Waals surface area contributed by atoms with Gasteiger partial charge in [-0.15, -0.1) is 0 Å². The van der Waals surface area contributed by atoms with Crippen LogP contribution in [0.5, 0.6) is 11.5 Å². The van der Waals surface area contributed by atoms with E-state index in [4.69, 9.17) is 42.1 Å². The van der Waals surface area contributed by atoms with Crippen molar-refractivity contribution in [3.05, 3.63) is 58.6 Å². The first kappa shape index (κ1) is 32.0. The average molecular weight is 579 g/mol. The zero-order chi connectivity index (χ0) is 26.0. The van der Waals surface area contributed by atoms with E-state index in [2.05, 4.69) is 0 Å². The number of rotatable bonds is 14. The molecule has 0 bridgehead atoms. The van der Waals surface area contributed by atoms with Crippen LogP contribution in [0.1, 0.15) is 38.5 Å². The fraction of sp³-hybridized carbons (Fsp3) is 0.462. The quantitative estimate of drug-likeness (QED) is 0.190. The minimum absolute atomic E-state index is 0. The molecule has 0 amide bonds. The van der Waals surface area contributed by atoms with Gasteiger partial charge >= 0.3 is 37.7 Å². The van der Waals surface area contributed by atoms with E-state index in [1.807, 2.05) is 24.3 Å². The maximum atomic E-state index is 10.7. The predicted molar refractivity (Wildman–Crippen MR) is 135 cm³/mol. The summed E-state index contributed by atoms with van der Waals surface area (Å²) in [7, 11) is 0. The average Bonchev–Trinajstić information content (AvgIpc) is 3.75. The predicted octanol–water partition coefficient (Wildman–Crippen LogP) is 2.44. The maximum Gasteiger partial charge on any atom is 2.00 e. The second-order valence-electron chi connectivity index (χ2n) is 8.67. The van der Waals surface area contributed by atoms with E-state index >= 15 is 0 Å². The zero-order valence-corrected chi connectivity index (χ0v) is 24.1. The van der Waals surface area contributed by atoms with Crippen molar-refractivity contribution >= 4 is 72.9 Å². The minimum Gasteiger partial charge on any atom is -0.547 e. The summed E-state index contributed by atoms with van der Waals surface area (Å²) in [6.07, 6.45) is 3.96. The molecule has 2 aromatic carbocycles. The van der Waals surface area contributed by atoms with Gasteiger partial charge < -0.3 is 38.7 Å². The molecule has 37 heavy (non-hydrogen) atoms. The second-order valence-corrected chi connectivity index (χ2v) is 9.54. The van der Waals surface area contributed by atoms with Crippen LogP contribution in [-0.2, 0) is 19.1 Å². The van der Waals surface area contributed by atoms with Gasteiger partial charge in [0, 0.05) is 10.0 Å². The van der Waals surface area contributed by atoms with Crippen LogP contribution in [0.4, 0.5) is 0 Å². The number of unbranched alkanes of at least 4 members (excludes halogenated alkanes) is 2. The van der Waals surface area contributed by atoms with Crippen molar-refractivity contribution < 1.29 is 38.7 Å². The molecule has 2 saturated heterocycles. The summed E-state index contributed by atoms with van der Waals surface area (Å²) < 4.78 is 20.8. The molecule has 2 unspecified atom stereocenters. The van der Waals surface area contributed by atoms with E-state index in [1.54, 1.807) is 24.3 Å². The van der Waals surface area contributed by atoms with Gasteiger partial charge in [-0.3, -0.25) is 0 Å². The second kappa shape index (κ2) is 15.4. The van der Waals surface area contributed by atoms with Crippen molar-refractivity contribution in [3.63, 3.8) is 0 Å². The number of carbonyl (C=O) groups excluding carboxylic acids is 2. The van der Waals surface area contributed by atoms with Gasteiger partial charge in [-0.25, -0.2) is 0 Å². The Bertz CT molecular complexity index is 946. The molecule has 11 heteroatoms. The van der Waals surface area contributed by atoms with Crippen LogP contribution in [0.15, 0.2) is 48.5 Å². The van der Waals surface area contributed by atoms with Crippen LogP contribution in [0.2, 0.25) is 10.0 Å². The number of aliphatic carboxylic acids is 2. The SMILES string of the molecule is O=C([O-])C1(CCCCOc2cccc(Cl)c2)CO1.O=C([O-])C1(CCCCOc2cccc(Cl)c2)CO1.[Ca+2]. The normalized spacial score (nSPS) is 21.0. The Labute approximate surface area is 256 Å². The number of hydrogen-bond acceptors (Lipinski definition) is 8. The Morgan fingerprint density at radius 2 is 1.14 bits per heavy atom. The summed E-state index contributed by atoms with van der Waals surface area (Å²) in [5.41, 5.74) is -2.04. The van der Waals surface area contributed by atoms with E-state index in [9.17, 15) is 19.8 Å². The fourth-order valence-corrected chi connectivity index (χ4v) is 3.78. The first-order chi connectivity index (χ1) is 17.2. The van der Waals surface area contributed by atoms with E-state index in [-0.39, 0.29) is 51.0 Å². The molecule has 2 heterocycles. The standard InChI is InChI=1S/2C13H15ClO4.Ca/c2*14-10-4-3-5-11(8-10)17-7-2-1-6-13(9-18-13)12(15)16;/h2*3-5,8H,1-2,6-7,9H2,(H,15,16);/q;;+2/p-2. The van der Waals surface area contributed by atoms with Crippen LogP contribution in [0, 0.1) is 0 Å². The van der Waals surface area contributed by atoms with E-state index in [0.717, 1.165) is 37.2 Å². The van der Waals surface area contributed by atoms with Crippen molar-refractivity contribution in [2.75, 3.05) is 26.4 Å². The van der Waals surface area contributed by atoms with Crippen LogP contribution in [0.25, 0.3) is 0 Å². The van der Waals surface area contributed by atoms with Crippen molar-refractivity contribution in [2.45, 2.75) is 49.7 Å². The number of epoxide rings is 2. The molecule has 8 nitrogen and oxygen atoms in total. The van der Waals surface area contributed by atoms with Crippen LogP contribution >= 0.6 is 23.2 Å². The van der Waals surface area contributed by atoms with Gasteiger partial charge in [0.25, 0.3) is 0 Å². The van der Waals surface area contributed by atoms with Crippen molar-refractivity contribution in [3.8, 4) is 11.5 Å². The largest absolute Gasteiger partial charge is 2.00 e. The Hall–Kier alpha value is -1.26. The monoisotopic (exact) mass is 578 g/mol. The van der Waals surface area contributed by atoms with Crippen LogP contribution < -0.4 is 19.7 Å². The third kappa shape index (κ3) is 10.8. The molecule has 0 aliphatic carbocycles. The summed E-state index contributed by atoms with van der Waals surface area (Å²) in [5, 5.41) is 22.7. The van der Waals surface area contributed by atoms with Crippen molar-refractivity contribution in [1.29, 1.82) is 0 Å². The Balaban J connectivity index is 0.000000253. The zero-order valence-electron chi connectivity index (χ0n) is 20.4. The number of benzene rings is 2. The van der Waals surface area contributed by atoms with Gasteiger partial charge in [-0.2, -0.15) is 0 Å². The Morgan fingerprint density at radius 3 is 1.43 bits per heavy atom. The van der Waals surface area contributed by atoms with Gasteiger partial charge in [0.05, 0.1) is 38.4 Å². The van der Waals surface area contributed by atoms with Gasteiger partial charge in [0.2, 0.25) is 0 Å². The molecule has 196 valence electrons. The summed E-state index contributed by atoms with van der Waals surface area (Å²) in [6.45, 7) is 1.60. The molecule has 0 spiro atoms. The van der Waals surface area contributed by atoms with Crippen molar-refractivity contribution in [2.24, 2.45) is 0 Å². The van der Waals surface area contributed by atoms with E-state index in [1.165, 1.54) is 0 Å². The molecular formula is C26H28CaCl2O8. The Kier molecular flexibility index (Phi) is 13.3. The van der Waals surface area contributed by atoms with E-state index in [0.29, 0.717) is 36.1 Å². The van der Waals surface area contributed by atoms with Crippen LogP contribution in [0.3, 0.4) is 0 Å². The maximum absolute atomic E-state index is 10.7. The summed E-state index contributed by atoms with van der Waals surface area (Å²) in [5.74, 6) is -0.781. The number of carboxylic acid groups (broad SMARTS) is 2. The molecule has 0 N–H and O–H groups in total. The molecule has 2 aliphatic rings. The Morgan fingerprint density at radius 1 is 0.757 bits per heavy atom. The van der Waals surface area contributed by atoms with E-state index < -0.39 is 23.1 Å². The summed E-state index contributed by atoms with van der Waals surface area (Å²) in [4.78, 5) is 21.4. The molecular weight excluding hydrogens is 551 g/mol. The summed E-state index contributed by atoms with van der Waals surface area (Å²) in [6, 6.07) is 14.4. The summed E-state index contributed by atoms with van der Waals surface area (Å²) >= 11 is 11.6. The molecule has 2 aromatic rings. The van der Waals surface area contributed by atoms with Gasteiger partial charge in [-0.05, 0) is 74.9 Å². The number of ether oxygens (including phenoxy) is 4. The molecule has 2 fully saturated rings. The fourth-order valence-electron chi connectivity index (χ4n) is 3.42. The molecule has 2 atom stereocenters. The number of halogens is 2. The number of carboxylic acids is 2. The van der Waals surface area contributed by atoms with Crippen molar-refractivity contribution in [1.82, 2.24) is 0 Å². The van der Waals surface area contributed by atoms with Gasteiger partial charge in [0.15, 0.2) is 0 Å². The van der Waals surface area contributed by atoms with Gasteiger partial charge in [0.1, 0.15) is 22.7 Å². The third-order valence-corrected chi connectivity index (χ3v) is 6.28. The third-order valence-electron chi connectivity index (χ3n) is 5.81. The number of hydrogen-bond donors (Lipinski definition) is 0. The van der Waals surface area contributed by atoms with Crippen LogP contribution in [-0.4, -0.2) is 87.3 Å². The smallest absolute Gasteiger partial charge is 0.547 e.